The monoisotopic (exact) mass is 344 g/mol. The van der Waals surface area contributed by atoms with Crippen LogP contribution in [0.15, 0.2) is 29.0 Å². The van der Waals surface area contributed by atoms with Gasteiger partial charge in [0.1, 0.15) is 10.8 Å². The van der Waals surface area contributed by atoms with Crippen molar-refractivity contribution in [3.8, 4) is 23.1 Å². The summed E-state index contributed by atoms with van der Waals surface area (Å²) in [7, 11) is 3.09. The Bertz CT molecular complexity index is 573. The molecule has 5 nitrogen and oxygen atoms in total. The molecule has 0 aliphatic heterocycles. The lowest BCUT2D eigenvalue weighted by Gasteiger charge is -2.13. The number of rotatable bonds is 4. The van der Waals surface area contributed by atoms with E-state index < -0.39 is 0 Å². The van der Waals surface area contributed by atoms with Crippen molar-refractivity contribution in [1.82, 2.24) is 9.97 Å². The van der Waals surface area contributed by atoms with E-state index in [4.69, 9.17) is 25.8 Å². The lowest BCUT2D eigenvalue weighted by Crippen LogP contribution is -1.97. The molecule has 0 saturated heterocycles. The molecule has 0 fully saturated rings. The van der Waals surface area contributed by atoms with Gasteiger partial charge in [-0.25, -0.2) is 9.97 Å². The van der Waals surface area contributed by atoms with Crippen LogP contribution in [-0.4, -0.2) is 24.2 Å². The molecule has 1 aromatic heterocycles. The first kappa shape index (κ1) is 13.9. The normalized spacial score (nSPS) is 10.1. The van der Waals surface area contributed by atoms with Crippen molar-refractivity contribution >= 4 is 27.5 Å². The van der Waals surface area contributed by atoms with Gasteiger partial charge in [0.15, 0.2) is 16.7 Å². The third kappa shape index (κ3) is 2.90. The smallest absolute Gasteiger partial charge is 0.238 e. The van der Waals surface area contributed by atoms with Gasteiger partial charge in [0.25, 0.3) is 0 Å². The highest BCUT2D eigenvalue weighted by Gasteiger charge is 2.16. The predicted molar refractivity (Wildman–Crippen MR) is 74.4 cm³/mol. The summed E-state index contributed by atoms with van der Waals surface area (Å²) >= 11 is 9.15. The Balaban J connectivity index is 2.45. The lowest BCUT2D eigenvalue weighted by molar-refractivity contribution is 0.341. The van der Waals surface area contributed by atoms with E-state index in [1.807, 2.05) is 0 Å². The number of ether oxygens (including phenoxy) is 3. The molecule has 7 heteroatoms. The minimum atomic E-state index is 0.263. The molecule has 1 heterocycles. The van der Waals surface area contributed by atoms with E-state index in [9.17, 15) is 0 Å². The molecule has 0 atom stereocenters. The number of nitrogens with zero attached hydrogens (tertiary/aromatic N) is 2. The number of halogens is 2. The lowest BCUT2D eigenvalue weighted by atomic mass is 10.3. The second-order valence-corrected chi connectivity index (χ2v) is 4.53. The zero-order valence-corrected chi connectivity index (χ0v) is 12.5. The zero-order valence-electron chi connectivity index (χ0n) is 10.2. The summed E-state index contributed by atoms with van der Waals surface area (Å²) in [6.07, 6.45) is 1.31. The molecule has 1 aromatic carbocycles. The van der Waals surface area contributed by atoms with Crippen molar-refractivity contribution in [2.45, 2.75) is 0 Å². The van der Waals surface area contributed by atoms with Crippen LogP contribution in [0.25, 0.3) is 0 Å². The first-order valence-electron chi connectivity index (χ1n) is 5.22. The SMILES string of the molecule is COc1cccc(OC)c1Oc1ncnc(Cl)c1Br. The summed E-state index contributed by atoms with van der Waals surface area (Å²) in [4.78, 5) is 7.84. The van der Waals surface area contributed by atoms with Crippen LogP contribution in [0.2, 0.25) is 5.15 Å². The summed E-state index contributed by atoms with van der Waals surface area (Å²) in [5.74, 6) is 1.76. The molecule has 100 valence electrons. The maximum absolute atomic E-state index is 5.89. The van der Waals surface area contributed by atoms with Crippen LogP contribution >= 0.6 is 27.5 Å². The van der Waals surface area contributed by atoms with E-state index in [0.29, 0.717) is 21.7 Å². The minimum absolute atomic E-state index is 0.263. The topological polar surface area (TPSA) is 53.5 Å². The highest BCUT2D eigenvalue weighted by molar-refractivity contribution is 9.10. The van der Waals surface area contributed by atoms with Crippen LogP contribution < -0.4 is 14.2 Å². The molecule has 2 aromatic rings. The predicted octanol–water partition coefficient (Wildman–Crippen LogP) is 3.70. The molecule has 0 aliphatic rings. The molecule has 0 aliphatic carbocycles. The molecule has 0 radical (unpaired) electrons. The third-order valence-electron chi connectivity index (χ3n) is 2.30. The van der Waals surface area contributed by atoms with Gasteiger partial charge in [-0.05, 0) is 28.1 Å². The van der Waals surface area contributed by atoms with Gasteiger partial charge in [-0.1, -0.05) is 17.7 Å². The fraction of sp³-hybridized carbons (Fsp3) is 0.167. The fourth-order valence-corrected chi connectivity index (χ4v) is 1.83. The van der Waals surface area contributed by atoms with Gasteiger partial charge in [0.05, 0.1) is 14.2 Å². The quantitative estimate of drug-likeness (QED) is 0.791. The number of benzene rings is 1. The second kappa shape index (κ2) is 6.08. The van der Waals surface area contributed by atoms with Crippen LogP contribution in [0.3, 0.4) is 0 Å². The van der Waals surface area contributed by atoms with Crippen LogP contribution in [-0.2, 0) is 0 Å². The minimum Gasteiger partial charge on any atom is -0.493 e. The van der Waals surface area contributed by atoms with Crippen LogP contribution in [0.5, 0.6) is 23.1 Å². The van der Waals surface area contributed by atoms with Gasteiger partial charge in [-0.3, -0.25) is 0 Å². The Morgan fingerprint density at radius 2 is 1.74 bits per heavy atom. The molecule has 0 N–H and O–H groups in total. The van der Waals surface area contributed by atoms with Crippen LogP contribution in [0, 0.1) is 0 Å². The molecule has 0 spiro atoms. The second-order valence-electron chi connectivity index (χ2n) is 3.38. The maximum atomic E-state index is 5.89. The average Bonchev–Trinajstić information content (AvgIpc) is 2.44. The maximum Gasteiger partial charge on any atom is 0.238 e. The Morgan fingerprint density at radius 3 is 2.32 bits per heavy atom. The standard InChI is InChI=1S/C12H10BrClN2O3/c1-17-7-4-3-5-8(18-2)10(7)19-12-9(13)11(14)15-6-16-12/h3-6H,1-2H3. The highest BCUT2D eigenvalue weighted by Crippen LogP contribution is 2.41. The van der Waals surface area contributed by atoms with Gasteiger partial charge < -0.3 is 14.2 Å². The van der Waals surface area contributed by atoms with Gasteiger partial charge in [-0.15, -0.1) is 0 Å². The third-order valence-corrected chi connectivity index (χ3v) is 3.53. The first-order valence-corrected chi connectivity index (χ1v) is 6.39. The molecule has 19 heavy (non-hydrogen) atoms. The number of methoxy groups -OCH3 is 2. The summed E-state index contributed by atoms with van der Waals surface area (Å²) in [6, 6.07) is 5.32. The van der Waals surface area contributed by atoms with Crippen LogP contribution in [0.1, 0.15) is 0 Å². The van der Waals surface area contributed by atoms with Gasteiger partial charge >= 0.3 is 0 Å². The summed E-state index contributed by atoms with van der Waals surface area (Å²) < 4.78 is 16.6. The van der Waals surface area contributed by atoms with E-state index in [2.05, 4.69) is 25.9 Å². The zero-order chi connectivity index (χ0) is 13.8. The van der Waals surface area contributed by atoms with Crippen molar-refractivity contribution in [3.05, 3.63) is 34.2 Å². The largest absolute Gasteiger partial charge is 0.493 e. The molecule has 0 unspecified atom stereocenters. The average molecular weight is 346 g/mol. The highest BCUT2D eigenvalue weighted by atomic mass is 79.9. The van der Waals surface area contributed by atoms with Crippen molar-refractivity contribution in [2.24, 2.45) is 0 Å². The first-order chi connectivity index (χ1) is 9.17. The van der Waals surface area contributed by atoms with E-state index >= 15 is 0 Å². The number of aromatic nitrogens is 2. The Hall–Kier alpha value is -1.53. The summed E-state index contributed by atoms with van der Waals surface area (Å²) in [5, 5.41) is 0.263. The van der Waals surface area contributed by atoms with Gasteiger partial charge in [0, 0.05) is 0 Å². The molecule has 0 amide bonds. The Morgan fingerprint density at radius 1 is 1.11 bits per heavy atom. The van der Waals surface area contributed by atoms with Crippen molar-refractivity contribution in [1.29, 1.82) is 0 Å². The van der Waals surface area contributed by atoms with E-state index in [-0.39, 0.29) is 11.0 Å². The number of hydrogen-bond donors (Lipinski definition) is 0. The molecular weight excluding hydrogens is 336 g/mol. The van der Waals surface area contributed by atoms with Crippen molar-refractivity contribution in [2.75, 3.05) is 14.2 Å². The van der Waals surface area contributed by atoms with E-state index in [1.54, 1.807) is 32.4 Å². The molecule has 0 bridgehead atoms. The van der Waals surface area contributed by atoms with Crippen molar-refractivity contribution < 1.29 is 14.2 Å². The van der Waals surface area contributed by atoms with Gasteiger partial charge in [0.2, 0.25) is 11.6 Å². The molecule has 2 rings (SSSR count). The number of para-hydroxylation sites is 1. The fourth-order valence-electron chi connectivity index (χ4n) is 1.42. The Kier molecular flexibility index (Phi) is 4.44. The van der Waals surface area contributed by atoms with E-state index in [1.165, 1.54) is 6.33 Å². The summed E-state index contributed by atoms with van der Waals surface area (Å²) in [5.41, 5.74) is 0. The van der Waals surface area contributed by atoms with E-state index in [0.717, 1.165) is 0 Å². The summed E-state index contributed by atoms with van der Waals surface area (Å²) in [6.45, 7) is 0. The van der Waals surface area contributed by atoms with Gasteiger partial charge in [-0.2, -0.15) is 0 Å². The Labute approximate surface area is 123 Å². The molecule has 0 saturated carbocycles. The van der Waals surface area contributed by atoms with Crippen molar-refractivity contribution in [3.63, 3.8) is 0 Å². The molecular formula is C12H10BrClN2O3. The van der Waals surface area contributed by atoms with Crippen LogP contribution in [0.4, 0.5) is 0 Å². The number of hydrogen-bond acceptors (Lipinski definition) is 5.